The summed E-state index contributed by atoms with van der Waals surface area (Å²) in [6.07, 6.45) is 0. The molecule has 0 saturated carbocycles. The van der Waals surface area contributed by atoms with Crippen LogP contribution in [0.5, 0.6) is 0 Å². The molecule has 13 aromatic carbocycles. The lowest BCUT2D eigenvalue weighted by Gasteiger charge is -2.45. The van der Waals surface area contributed by atoms with E-state index >= 15 is 0 Å². The topological polar surface area (TPSA) is 24.6 Å². The molecule has 15 aromatic rings. The highest BCUT2D eigenvalue weighted by Crippen LogP contribution is 2.52. The maximum absolute atomic E-state index is 9.94. The summed E-state index contributed by atoms with van der Waals surface area (Å²) in [5, 5.41) is 1.09. The van der Waals surface area contributed by atoms with Crippen molar-refractivity contribution in [2.45, 2.75) is 105 Å². The molecule has 0 spiro atoms. The number of nitrogens with zero attached hydrogens (tertiary/aromatic N) is 3. The van der Waals surface area contributed by atoms with Crippen molar-refractivity contribution in [2.75, 3.05) is 9.80 Å². The fourth-order valence-electron chi connectivity index (χ4n) is 14.9. The van der Waals surface area contributed by atoms with Gasteiger partial charge in [0, 0.05) is 50.0 Å². The van der Waals surface area contributed by atoms with Gasteiger partial charge in [0.25, 0.3) is 6.71 Å². The second-order valence-electron chi connectivity index (χ2n) is 30.9. The summed E-state index contributed by atoms with van der Waals surface area (Å²) in [5.74, 6) is 0. The van der Waals surface area contributed by atoms with Crippen molar-refractivity contribution in [3.63, 3.8) is 0 Å². The molecule has 2 aromatic heterocycles. The Hall–Kier alpha value is -10.9. The normalized spacial score (nSPS) is 15.0. The number of hydrogen-bond acceptors (Lipinski definition) is 3. The van der Waals surface area contributed by atoms with Gasteiger partial charge in [-0.3, -0.25) is 0 Å². The van der Waals surface area contributed by atoms with E-state index in [9.17, 15) is 11.0 Å². The molecular weight excluding hydrogens is 1200 g/mol. The minimum Gasteiger partial charge on any atom is -0.452 e. The second kappa shape index (κ2) is 22.9. The van der Waals surface area contributed by atoms with Crippen LogP contribution in [0.3, 0.4) is 0 Å². The number of para-hydroxylation sites is 4. The van der Waals surface area contributed by atoms with Crippen LogP contribution in [0, 0.1) is 0 Å². The van der Waals surface area contributed by atoms with Crippen LogP contribution >= 0.6 is 0 Å². The smallest absolute Gasteiger partial charge is 0.252 e. The number of benzene rings is 13. The monoisotopic (exact) mass is 1290 g/mol. The molecule has 0 N–H and O–H groups in total. The molecular formula is C94H82BN3O. The van der Waals surface area contributed by atoms with Crippen LogP contribution in [-0.2, 0) is 21.7 Å². The number of rotatable bonds is 8. The SMILES string of the molecule is [2H]c1c([2H])c([2H])c(-c2cc3c4c(c2)N(c2cccc5c2oc2c(-n6c7c([2H])c([2H])c([2H])c([2H])c7c7c([2H])c([2H])c([2H])c([2H])c76)cccc25)c2cc(-c5cc(C(C)(C)C)cc(C(C)(C)C)c5)ccc2B4c2ccc(-c4cc(C(C)(C)C)cc(C(C)(C)C)c4)cc2N3c2cc(-c3ccccc3)cc(-c3ccccc3)c2)c([2H])c1[2H]. The lowest BCUT2D eigenvalue weighted by molar-refractivity contribution is 0.568. The largest absolute Gasteiger partial charge is 0.452 e. The first-order valence-corrected chi connectivity index (χ1v) is 34.2. The van der Waals surface area contributed by atoms with Crippen molar-refractivity contribution in [3.8, 4) is 61.3 Å². The van der Waals surface area contributed by atoms with Gasteiger partial charge >= 0.3 is 0 Å². The molecule has 17 rings (SSSR count). The molecule has 4 heterocycles. The van der Waals surface area contributed by atoms with Crippen LogP contribution in [-0.4, -0.2) is 11.3 Å². The Kier molecular flexibility index (Phi) is 11.3. The van der Waals surface area contributed by atoms with E-state index < -0.39 is 73.2 Å². The van der Waals surface area contributed by atoms with Crippen molar-refractivity contribution in [3.05, 3.63) is 301 Å². The van der Waals surface area contributed by atoms with E-state index in [0.29, 0.717) is 39.0 Å². The Balaban J connectivity index is 1.04. The van der Waals surface area contributed by atoms with Gasteiger partial charge in [-0.15, -0.1) is 0 Å². The standard InChI is InChI=1S/C94H82BN3O/c1-91(2,3)69-47-66(48-70(57-69)92(4,5)6)62-42-44-78-84(53-62)96(73-51-64(59-28-16-13-17-29-59)46-65(52-73)60-30-18-14-19-31-60)86-55-68(61-32-20-15-21-33-61)56-87-88(86)95(78)79-45-43-63(67-49-71(93(7,8)9)58-72(50-67)94(10,11)12)54-85(79)98(87)83-41-27-37-77-76-36-26-40-82(89(76)99-90(77)83)97-80-38-24-22-34-74(80)75-35-23-25-39-81(75)97/h13-58H,1-12H3/i15D,20D,21D,22D,23D,24D,25D,32D,33D,34D,35D,38D,39D. The fourth-order valence-corrected chi connectivity index (χ4v) is 14.9. The Morgan fingerprint density at radius 3 is 1.18 bits per heavy atom. The lowest BCUT2D eigenvalue weighted by Crippen LogP contribution is -2.61. The first-order chi connectivity index (χ1) is 53.0. The Morgan fingerprint density at radius 2 is 0.697 bits per heavy atom. The highest BCUT2D eigenvalue weighted by Gasteiger charge is 2.45. The van der Waals surface area contributed by atoms with Crippen LogP contribution in [0.1, 0.15) is 123 Å². The van der Waals surface area contributed by atoms with E-state index in [1.54, 1.807) is 12.1 Å². The van der Waals surface area contributed by atoms with Crippen LogP contribution in [0.25, 0.3) is 105 Å². The summed E-state index contributed by atoms with van der Waals surface area (Å²) in [7, 11) is 0. The van der Waals surface area contributed by atoms with Gasteiger partial charge in [-0.1, -0.05) is 295 Å². The molecule has 0 atom stereocenters. The molecule has 0 amide bonds. The number of aromatic nitrogens is 1. The van der Waals surface area contributed by atoms with E-state index in [0.717, 1.165) is 89.1 Å². The predicted molar refractivity (Wildman–Crippen MR) is 424 cm³/mol. The molecule has 0 aliphatic carbocycles. The Bertz CT molecular complexity index is 6330. The maximum Gasteiger partial charge on any atom is 0.252 e. The summed E-state index contributed by atoms with van der Waals surface area (Å²) in [4.78, 5) is 4.51. The predicted octanol–water partition coefficient (Wildman–Crippen LogP) is 24.3. The number of fused-ring (bicyclic) bond motifs is 10. The molecule has 5 heteroatoms. The Labute approximate surface area is 601 Å². The summed E-state index contributed by atoms with van der Waals surface area (Å²) < 4.78 is 130. The van der Waals surface area contributed by atoms with Crippen molar-refractivity contribution in [2.24, 2.45) is 0 Å². The van der Waals surface area contributed by atoms with Gasteiger partial charge in [-0.2, -0.15) is 0 Å². The van der Waals surface area contributed by atoms with Gasteiger partial charge in [0.05, 0.1) is 40.2 Å². The van der Waals surface area contributed by atoms with Crippen LogP contribution in [0.15, 0.2) is 283 Å². The molecule has 0 unspecified atom stereocenters. The molecule has 0 saturated heterocycles. The van der Waals surface area contributed by atoms with Crippen LogP contribution in [0.4, 0.5) is 34.1 Å². The lowest BCUT2D eigenvalue weighted by atomic mass is 9.33. The van der Waals surface area contributed by atoms with Crippen LogP contribution < -0.4 is 26.2 Å². The van der Waals surface area contributed by atoms with Gasteiger partial charge in [-0.25, -0.2) is 0 Å². The van der Waals surface area contributed by atoms with Crippen molar-refractivity contribution in [1.82, 2.24) is 4.57 Å². The van der Waals surface area contributed by atoms with Gasteiger partial charge in [0.2, 0.25) is 0 Å². The third-order valence-corrected chi connectivity index (χ3v) is 20.2. The van der Waals surface area contributed by atoms with E-state index in [4.69, 9.17) is 11.3 Å². The second-order valence-corrected chi connectivity index (χ2v) is 30.9. The zero-order chi connectivity index (χ0) is 79.3. The molecule has 4 nitrogen and oxygen atoms in total. The van der Waals surface area contributed by atoms with E-state index in [2.05, 4.69) is 208 Å². The van der Waals surface area contributed by atoms with E-state index in [-0.39, 0.29) is 72.4 Å². The fraction of sp³-hybridized carbons (Fsp3) is 0.170. The van der Waals surface area contributed by atoms with Gasteiger partial charge < -0.3 is 18.8 Å². The molecule has 0 fully saturated rings. The summed E-state index contributed by atoms with van der Waals surface area (Å²) in [6, 6.07) is 63.8. The number of furan rings is 1. The van der Waals surface area contributed by atoms with E-state index in [1.807, 2.05) is 72.8 Å². The van der Waals surface area contributed by atoms with Gasteiger partial charge in [0.15, 0.2) is 11.2 Å². The van der Waals surface area contributed by atoms with Crippen LogP contribution in [0.2, 0.25) is 0 Å². The summed E-state index contributed by atoms with van der Waals surface area (Å²) >= 11 is 0. The third-order valence-electron chi connectivity index (χ3n) is 20.2. The maximum atomic E-state index is 9.94. The van der Waals surface area contributed by atoms with Crippen molar-refractivity contribution < 1.29 is 22.2 Å². The highest BCUT2D eigenvalue weighted by molar-refractivity contribution is 7.00. The van der Waals surface area contributed by atoms with Crippen molar-refractivity contribution >= 4 is 101 Å². The third kappa shape index (κ3) is 10.5. The van der Waals surface area contributed by atoms with Gasteiger partial charge in [0.1, 0.15) is 0 Å². The van der Waals surface area contributed by atoms with E-state index in [1.165, 1.54) is 15.7 Å². The summed E-state index contributed by atoms with van der Waals surface area (Å²) in [6.45, 7) is 26.3. The first kappa shape index (κ1) is 48.8. The molecule has 2 aliphatic rings. The Morgan fingerprint density at radius 1 is 0.293 bits per heavy atom. The number of anilines is 6. The van der Waals surface area contributed by atoms with Crippen molar-refractivity contribution in [1.29, 1.82) is 0 Å². The highest BCUT2D eigenvalue weighted by atomic mass is 16.3. The molecule has 0 bridgehead atoms. The minimum atomic E-state index is -0.553. The first-order valence-electron chi connectivity index (χ1n) is 40.7. The molecule has 0 radical (unpaired) electrons. The zero-order valence-electron chi connectivity index (χ0n) is 70.9. The summed E-state index contributed by atoms with van der Waals surface area (Å²) in [5.41, 5.74) is 19.7. The molecule has 99 heavy (non-hydrogen) atoms. The number of hydrogen-bond donors (Lipinski definition) is 0. The zero-order valence-corrected chi connectivity index (χ0v) is 57.9. The average molecular weight is 1290 g/mol. The molecule has 482 valence electrons. The minimum absolute atomic E-state index is 0.000253. The van der Waals surface area contributed by atoms with Gasteiger partial charge in [-0.05, 0) is 183 Å². The average Bonchev–Trinajstić information content (AvgIpc) is 1.05. The quantitative estimate of drug-likeness (QED) is 0.142. The molecule has 2 aliphatic heterocycles.